The van der Waals surface area contributed by atoms with Gasteiger partial charge in [-0.15, -0.1) is 0 Å². The Labute approximate surface area is 231 Å². The molecule has 0 spiro atoms. The van der Waals surface area contributed by atoms with Crippen LogP contribution in [0.5, 0.6) is 11.5 Å². The van der Waals surface area contributed by atoms with E-state index >= 15 is 0 Å². The lowest BCUT2D eigenvalue weighted by atomic mass is 10.1. The van der Waals surface area contributed by atoms with Crippen molar-refractivity contribution >= 4 is 29.5 Å². The quantitative estimate of drug-likeness (QED) is 0.271. The average Bonchev–Trinajstić information content (AvgIpc) is 3.36. The second-order valence-corrected chi connectivity index (χ2v) is 8.78. The smallest absolute Gasteiger partial charge is 0.327 e. The highest BCUT2D eigenvalue weighted by Gasteiger charge is 2.26. The lowest BCUT2D eigenvalue weighted by Crippen LogP contribution is -2.45. The molecule has 1 unspecified atom stereocenters. The molecular formula is C29H30N4O7. The van der Waals surface area contributed by atoms with E-state index < -0.39 is 24.3 Å². The van der Waals surface area contributed by atoms with Gasteiger partial charge in [-0.05, 0) is 54.8 Å². The Balaban J connectivity index is 1.20. The van der Waals surface area contributed by atoms with Crippen molar-refractivity contribution in [2.24, 2.45) is 0 Å². The maximum atomic E-state index is 12.6. The zero-order chi connectivity index (χ0) is 28.3. The van der Waals surface area contributed by atoms with Crippen LogP contribution in [0.2, 0.25) is 0 Å². The third kappa shape index (κ3) is 8.22. The number of hydrogen-bond acceptors (Lipinski definition) is 7. The first-order valence-electron chi connectivity index (χ1n) is 12.8. The molecule has 3 aromatic carbocycles. The first-order chi connectivity index (χ1) is 19.4. The zero-order valence-electron chi connectivity index (χ0n) is 21.9. The Hall–Kier alpha value is -5.06. The molecule has 208 valence electrons. The summed E-state index contributed by atoms with van der Waals surface area (Å²) in [6, 6.07) is 20.7. The monoisotopic (exact) mass is 546 g/mol. The minimum absolute atomic E-state index is 0.244. The lowest BCUT2D eigenvalue weighted by Gasteiger charge is -2.13. The molecular weight excluding hydrogens is 516 g/mol. The highest BCUT2D eigenvalue weighted by Crippen LogP contribution is 2.35. The summed E-state index contributed by atoms with van der Waals surface area (Å²) in [6.45, 7) is 2.13. The van der Waals surface area contributed by atoms with Crippen molar-refractivity contribution in [2.45, 2.75) is 32.7 Å². The molecule has 0 saturated carbocycles. The van der Waals surface area contributed by atoms with E-state index in [-0.39, 0.29) is 24.5 Å². The van der Waals surface area contributed by atoms with Gasteiger partial charge in [-0.25, -0.2) is 4.79 Å². The maximum Gasteiger partial charge on any atom is 0.327 e. The molecule has 0 radical (unpaired) electrons. The Bertz CT molecular complexity index is 1360. The highest BCUT2D eigenvalue weighted by atomic mass is 16.7. The largest absolute Gasteiger partial charge is 0.466 e. The number of carbonyl (C=O) groups excluding carboxylic acids is 4. The van der Waals surface area contributed by atoms with Crippen molar-refractivity contribution in [1.29, 1.82) is 0 Å². The normalized spacial score (nSPS) is 13.2. The molecule has 1 aliphatic heterocycles. The van der Waals surface area contributed by atoms with Gasteiger partial charge in [0.15, 0.2) is 11.5 Å². The molecule has 40 heavy (non-hydrogen) atoms. The molecule has 1 heterocycles. The second kappa shape index (κ2) is 13.7. The number of nitrogens with one attached hydrogen (secondary N) is 4. The van der Waals surface area contributed by atoms with Crippen LogP contribution >= 0.6 is 0 Å². The fourth-order valence-corrected chi connectivity index (χ4v) is 3.83. The topological polar surface area (TPSA) is 144 Å². The number of anilines is 1. The number of amides is 4. The maximum absolute atomic E-state index is 12.6. The molecule has 11 heteroatoms. The number of ether oxygens (including phenoxy) is 3. The number of rotatable bonds is 11. The van der Waals surface area contributed by atoms with Gasteiger partial charge in [-0.1, -0.05) is 42.5 Å². The Kier molecular flexibility index (Phi) is 9.54. The van der Waals surface area contributed by atoms with Crippen molar-refractivity contribution in [3.05, 3.63) is 89.5 Å². The number of fused-ring (bicyclic) bond motifs is 1. The third-order valence-electron chi connectivity index (χ3n) is 5.77. The molecule has 0 aliphatic carbocycles. The zero-order valence-corrected chi connectivity index (χ0v) is 21.9. The average molecular weight is 547 g/mol. The summed E-state index contributed by atoms with van der Waals surface area (Å²) in [6.07, 6.45) is -0.330. The van der Waals surface area contributed by atoms with E-state index in [0.717, 1.165) is 11.1 Å². The SMILES string of the molecule is CCOC(=O)CCc1ccc2c(c1)OC(NC(=O)CNC(=O)c1cccc(NC(=O)NCc3ccccc3)c1)O2. The Morgan fingerprint density at radius 3 is 2.45 bits per heavy atom. The van der Waals surface area contributed by atoms with Gasteiger partial charge in [0.05, 0.1) is 13.2 Å². The summed E-state index contributed by atoms with van der Waals surface area (Å²) in [5.74, 6) is -0.409. The van der Waals surface area contributed by atoms with Crippen LogP contribution in [0.4, 0.5) is 10.5 Å². The second-order valence-electron chi connectivity index (χ2n) is 8.78. The van der Waals surface area contributed by atoms with Crippen LogP contribution in [0.3, 0.4) is 0 Å². The van der Waals surface area contributed by atoms with Crippen LogP contribution in [0.1, 0.15) is 34.8 Å². The standard InChI is InChI=1S/C29H30N4O7/c1-2-38-26(35)14-12-19-11-13-23-24(15-19)40-29(39-23)33-25(34)18-30-27(36)21-9-6-10-22(16-21)32-28(37)31-17-20-7-4-3-5-8-20/h3-11,13,15-16,29H,2,12,14,17-18H2,1H3,(H,30,36)(H,33,34)(H2,31,32,37). The van der Waals surface area contributed by atoms with Crippen LogP contribution in [0, 0.1) is 0 Å². The van der Waals surface area contributed by atoms with Crippen LogP contribution in [-0.4, -0.2) is 43.4 Å². The molecule has 0 saturated heterocycles. The summed E-state index contributed by atoms with van der Waals surface area (Å²) in [7, 11) is 0. The Morgan fingerprint density at radius 1 is 0.850 bits per heavy atom. The van der Waals surface area contributed by atoms with Gasteiger partial charge >= 0.3 is 18.4 Å². The fraction of sp³-hybridized carbons (Fsp3) is 0.241. The summed E-state index contributed by atoms with van der Waals surface area (Å²) in [5.41, 5.74) is 2.51. The molecule has 4 N–H and O–H groups in total. The number of aryl methyl sites for hydroxylation is 1. The van der Waals surface area contributed by atoms with E-state index in [2.05, 4.69) is 21.3 Å². The number of benzene rings is 3. The van der Waals surface area contributed by atoms with Crippen molar-refractivity contribution in [1.82, 2.24) is 16.0 Å². The van der Waals surface area contributed by atoms with Gasteiger partial charge in [0, 0.05) is 24.2 Å². The molecule has 4 rings (SSSR count). The van der Waals surface area contributed by atoms with Gasteiger partial charge in [-0.3, -0.25) is 19.7 Å². The molecule has 0 fully saturated rings. The van der Waals surface area contributed by atoms with Crippen molar-refractivity contribution < 1.29 is 33.4 Å². The van der Waals surface area contributed by atoms with Gasteiger partial charge in [-0.2, -0.15) is 0 Å². The van der Waals surface area contributed by atoms with Gasteiger partial charge in [0.2, 0.25) is 5.91 Å². The molecule has 4 amide bonds. The minimum atomic E-state index is -1.05. The minimum Gasteiger partial charge on any atom is -0.466 e. The van der Waals surface area contributed by atoms with E-state index in [1.165, 1.54) is 6.07 Å². The van der Waals surface area contributed by atoms with Crippen molar-refractivity contribution in [2.75, 3.05) is 18.5 Å². The van der Waals surface area contributed by atoms with Crippen LogP contribution in [0.25, 0.3) is 0 Å². The summed E-state index contributed by atoms with van der Waals surface area (Å²) in [5, 5.41) is 10.5. The molecule has 1 aliphatic rings. The van der Waals surface area contributed by atoms with Crippen LogP contribution < -0.4 is 30.7 Å². The number of hydrogen-bond donors (Lipinski definition) is 4. The number of esters is 1. The first kappa shape index (κ1) is 28.0. The Morgan fingerprint density at radius 2 is 1.65 bits per heavy atom. The van der Waals surface area contributed by atoms with Crippen molar-refractivity contribution in [3.63, 3.8) is 0 Å². The molecule has 0 aromatic heterocycles. The van der Waals surface area contributed by atoms with E-state index in [0.29, 0.717) is 36.8 Å². The van der Waals surface area contributed by atoms with E-state index in [9.17, 15) is 19.2 Å². The number of carbonyl (C=O) groups is 4. The predicted molar refractivity (Wildman–Crippen MR) is 146 cm³/mol. The van der Waals surface area contributed by atoms with Gasteiger partial charge < -0.3 is 30.2 Å². The van der Waals surface area contributed by atoms with E-state index in [1.807, 2.05) is 36.4 Å². The van der Waals surface area contributed by atoms with E-state index in [1.54, 1.807) is 37.3 Å². The van der Waals surface area contributed by atoms with Crippen LogP contribution in [0.15, 0.2) is 72.8 Å². The predicted octanol–water partition coefficient (Wildman–Crippen LogP) is 3.11. The van der Waals surface area contributed by atoms with E-state index in [4.69, 9.17) is 14.2 Å². The summed E-state index contributed by atoms with van der Waals surface area (Å²) in [4.78, 5) is 48.8. The third-order valence-corrected chi connectivity index (χ3v) is 5.77. The van der Waals surface area contributed by atoms with Crippen LogP contribution in [-0.2, 0) is 27.3 Å². The first-order valence-corrected chi connectivity index (χ1v) is 12.8. The number of urea groups is 1. The highest BCUT2D eigenvalue weighted by molar-refractivity contribution is 5.98. The molecule has 11 nitrogen and oxygen atoms in total. The molecule has 3 aromatic rings. The summed E-state index contributed by atoms with van der Waals surface area (Å²) < 4.78 is 16.2. The van der Waals surface area contributed by atoms with Gasteiger partial charge in [0.25, 0.3) is 5.91 Å². The summed E-state index contributed by atoms with van der Waals surface area (Å²) >= 11 is 0. The molecule has 1 atom stereocenters. The van der Waals surface area contributed by atoms with Crippen molar-refractivity contribution in [3.8, 4) is 11.5 Å². The van der Waals surface area contributed by atoms with Gasteiger partial charge in [0.1, 0.15) is 0 Å². The molecule has 0 bridgehead atoms. The fourth-order valence-electron chi connectivity index (χ4n) is 3.83. The lowest BCUT2D eigenvalue weighted by molar-refractivity contribution is -0.143.